The Bertz CT molecular complexity index is 841. The van der Waals surface area contributed by atoms with Crippen LogP contribution in [0.2, 0.25) is 0 Å². The molecule has 3 aliphatic heterocycles. The number of aliphatic hydroxyl groups excluding tert-OH is 1. The number of carbonyl (C=O) groups is 1. The number of aliphatic hydroxyl groups is 1. The molecule has 0 radical (unpaired) electrons. The van der Waals surface area contributed by atoms with Gasteiger partial charge in [-0.1, -0.05) is 29.8 Å². The van der Waals surface area contributed by atoms with Crippen LogP contribution < -0.4 is 11.1 Å². The molecule has 4 N–H and O–H groups in total. The zero-order valence-electron chi connectivity index (χ0n) is 16.9. The summed E-state index contributed by atoms with van der Waals surface area (Å²) >= 11 is 5.79. The maximum atomic E-state index is 12.2. The molecule has 6 nitrogen and oxygen atoms in total. The van der Waals surface area contributed by atoms with Crippen molar-refractivity contribution in [3.8, 4) is 0 Å². The second-order valence-electron chi connectivity index (χ2n) is 8.29. The summed E-state index contributed by atoms with van der Waals surface area (Å²) in [5.41, 5.74) is 9.54. The van der Waals surface area contributed by atoms with E-state index < -0.39 is 6.23 Å². The second kappa shape index (κ2) is 8.46. The Morgan fingerprint density at radius 2 is 2.00 bits per heavy atom. The van der Waals surface area contributed by atoms with Gasteiger partial charge in [-0.2, -0.15) is 0 Å². The molecular weight excluding hydrogens is 388 g/mol. The third-order valence-electron chi connectivity index (χ3n) is 6.50. The maximum absolute atomic E-state index is 12.2. The monoisotopic (exact) mass is 417 g/mol. The molecule has 0 aliphatic carbocycles. The molecule has 2 unspecified atom stereocenters. The van der Waals surface area contributed by atoms with E-state index >= 15 is 0 Å². The lowest BCUT2D eigenvalue weighted by Crippen LogP contribution is -2.57. The molecule has 1 aromatic rings. The number of hydrogen-bond donors (Lipinski definition) is 3. The number of aryl methyl sites for hydroxylation is 1. The van der Waals surface area contributed by atoms with Crippen LogP contribution in [0.5, 0.6) is 0 Å². The lowest BCUT2D eigenvalue weighted by Gasteiger charge is -2.41. The molecule has 2 atom stereocenters. The van der Waals surface area contributed by atoms with Gasteiger partial charge in [0.15, 0.2) is 11.3 Å². The highest BCUT2D eigenvalue weighted by molar-refractivity contribution is 6.26. The Balaban J connectivity index is 1.56. The number of piperidine rings is 1. The number of amides is 1. The van der Waals surface area contributed by atoms with Crippen LogP contribution >= 0.6 is 11.6 Å². The number of likely N-dealkylation sites (tertiary alicyclic amines) is 1. The van der Waals surface area contributed by atoms with E-state index in [1.807, 2.05) is 0 Å². The van der Waals surface area contributed by atoms with Gasteiger partial charge in [-0.25, -0.2) is 4.58 Å². The van der Waals surface area contributed by atoms with E-state index in [0.29, 0.717) is 29.8 Å². The summed E-state index contributed by atoms with van der Waals surface area (Å²) in [5.74, 6) is 1.50. The van der Waals surface area contributed by atoms with Crippen LogP contribution in [0.1, 0.15) is 36.8 Å². The van der Waals surface area contributed by atoms with E-state index in [1.165, 1.54) is 5.56 Å². The normalized spacial score (nSPS) is 24.0. The fraction of sp³-hybridized carbons (Fsp3) is 0.545. The van der Waals surface area contributed by atoms with Gasteiger partial charge >= 0.3 is 0 Å². The largest absolute Gasteiger partial charge is 0.378 e. The van der Waals surface area contributed by atoms with Crippen molar-refractivity contribution in [1.82, 2.24) is 10.2 Å². The molecule has 1 saturated heterocycles. The Morgan fingerprint density at radius 1 is 1.31 bits per heavy atom. The molecule has 3 heterocycles. The lowest BCUT2D eigenvalue weighted by atomic mass is 9.82. The van der Waals surface area contributed by atoms with Gasteiger partial charge in [0.1, 0.15) is 12.3 Å². The first-order valence-electron chi connectivity index (χ1n) is 10.5. The number of nitrogens with one attached hydrogen (secondary N) is 1. The smallest absolute Gasteiger partial charge is 0.292 e. The molecule has 0 saturated carbocycles. The van der Waals surface area contributed by atoms with Crippen LogP contribution in [0.15, 0.2) is 29.8 Å². The number of nitrogens with two attached hydrogens (primary N) is 1. The minimum atomic E-state index is -0.447. The van der Waals surface area contributed by atoms with Gasteiger partial charge in [0.05, 0.1) is 6.54 Å². The number of amidine groups is 1. The van der Waals surface area contributed by atoms with Crippen molar-refractivity contribution in [2.24, 2.45) is 11.7 Å². The number of primary amides is 1. The van der Waals surface area contributed by atoms with Crippen molar-refractivity contribution in [3.05, 3.63) is 41.0 Å². The summed E-state index contributed by atoms with van der Waals surface area (Å²) in [6, 6.07) is 8.63. The van der Waals surface area contributed by atoms with Crippen LogP contribution in [0.3, 0.4) is 0 Å². The molecule has 1 fully saturated rings. The molecule has 1 amide bonds. The predicted molar refractivity (Wildman–Crippen MR) is 115 cm³/mol. The number of alkyl halides is 1. The Hall–Kier alpha value is -1.89. The fourth-order valence-corrected chi connectivity index (χ4v) is 5.14. The summed E-state index contributed by atoms with van der Waals surface area (Å²) in [4.78, 5) is 14.3. The van der Waals surface area contributed by atoms with Gasteiger partial charge in [-0.05, 0) is 19.8 Å². The first kappa shape index (κ1) is 20.4. The molecule has 0 bridgehead atoms. The van der Waals surface area contributed by atoms with Gasteiger partial charge in [0.2, 0.25) is 0 Å². The number of benzene rings is 1. The zero-order valence-corrected chi connectivity index (χ0v) is 17.7. The third kappa shape index (κ3) is 3.81. The highest BCUT2D eigenvalue weighted by Gasteiger charge is 2.48. The fourth-order valence-electron chi connectivity index (χ4n) is 4.94. The number of halogens is 1. The first-order valence-corrected chi connectivity index (χ1v) is 11.0. The number of carbonyl (C=O) groups excluding carboxylic acids is 1. The van der Waals surface area contributed by atoms with Crippen LogP contribution in [0, 0.1) is 12.8 Å². The van der Waals surface area contributed by atoms with Crippen LogP contribution in [-0.4, -0.2) is 64.1 Å². The summed E-state index contributed by atoms with van der Waals surface area (Å²) in [7, 11) is 0. The van der Waals surface area contributed by atoms with Crippen molar-refractivity contribution in [2.75, 3.05) is 25.5 Å². The first-order chi connectivity index (χ1) is 14.0. The molecular formula is C22H30ClN4O2+. The standard InChI is InChI=1S/C22H29ClN4O2/c1-14-2-4-16(5-3-14)20-19(21(24)29)22-25-11-7-17(27(20)22)15-8-12-26(13-9-15)18(28)6-10-23/h2-5,15,17-18,28H,6-13H2,1H3,(H2,24,29)/p+1. The SMILES string of the molecule is Cc1ccc(C2=C(C(N)=O)C3=[N+]2C(C2CCN(C(O)CCCl)CC2)CCN3)cc1. The molecule has 1 aromatic carbocycles. The van der Waals surface area contributed by atoms with Gasteiger partial charge in [-0.3, -0.25) is 15.0 Å². The molecule has 7 heteroatoms. The average molecular weight is 418 g/mol. The summed E-state index contributed by atoms with van der Waals surface area (Å²) in [5, 5.41) is 13.6. The Morgan fingerprint density at radius 3 is 2.62 bits per heavy atom. The summed E-state index contributed by atoms with van der Waals surface area (Å²) in [6.07, 6.45) is 3.24. The van der Waals surface area contributed by atoms with E-state index in [4.69, 9.17) is 17.3 Å². The quantitative estimate of drug-likeness (QED) is 0.485. The van der Waals surface area contributed by atoms with Crippen LogP contribution in [0.4, 0.5) is 0 Å². The van der Waals surface area contributed by atoms with E-state index in [-0.39, 0.29) is 5.91 Å². The van der Waals surface area contributed by atoms with Crippen molar-refractivity contribution < 1.29 is 14.5 Å². The minimum Gasteiger partial charge on any atom is -0.378 e. The van der Waals surface area contributed by atoms with Gasteiger partial charge in [0, 0.05) is 43.3 Å². The third-order valence-corrected chi connectivity index (χ3v) is 6.72. The number of hydrogen-bond acceptors (Lipinski definition) is 4. The van der Waals surface area contributed by atoms with Crippen molar-refractivity contribution in [2.45, 2.75) is 44.9 Å². The topological polar surface area (TPSA) is 81.6 Å². The molecule has 0 aromatic heterocycles. The van der Waals surface area contributed by atoms with E-state index in [9.17, 15) is 9.90 Å². The van der Waals surface area contributed by atoms with Crippen molar-refractivity contribution >= 4 is 29.0 Å². The molecule has 4 rings (SSSR count). The van der Waals surface area contributed by atoms with Gasteiger partial charge in [-0.15, -0.1) is 11.6 Å². The molecule has 0 spiro atoms. The lowest BCUT2D eigenvalue weighted by molar-refractivity contribution is -0.506. The maximum Gasteiger partial charge on any atom is 0.292 e. The van der Waals surface area contributed by atoms with Crippen molar-refractivity contribution in [1.29, 1.82) is 0 Å². The highest BCUT2D eigenvalue weighted by atomic mass is 35.5. The van der Waals surface area contributed by atoms with E-state index in [0.717, 1.165) is 56.0 Å². The van der Waals surface area contributed by atoms with E-state index in [1.54, 1.807) is 0 Å². The molecule has 29 heavy (non-hydrogen) atoms. The second-order valence-corrected chi connectivity index (χ2v) is 8.66. The average Bonchev–Trinajstić information content (AvgIpc) is 2.70. The Labute approximate surface area is 177 Å². The van der Waals surface area contributed by atoms with Crippen LogP contribution in [-0.2, 0) is 4.79 Å². The van der Waals surface area contributed by atoms with Crippen molar-refractivity contribution in [3.63, 3.8) is 0 Å². The van der Waals surface area contributed by atoms with E-state index in [2.05, 4.69) is 46.0 Å². The summed E-state index contributed by atoms with van der Waals surface area (Å²) < 4.78 is 2.31. The van der Waals surface area contributed by atoms with Gasteiger partial charge < -0.3 is 10.8 Å². The number of rotatable bonds is 6. The van der Waals surface area contributed by atoms with Crippen LogP contribution in [0.25, 0.3) is 5.70 Å². The summed E-state index contributed by atoms with van der Waals surface area (Å²) in [6.45, 7) is 4.66. The minimum absolute atomic E-state index is 0.345. The number of nitrogens with zero attached hydrogens (tertiary/aromatic N) is 2. The molecule has 156 valence electrons. The van der Waals surface area contributed by atoms with Gasteiger partial charge in [0.25, 0.3) is 11.7 Å². The predicted octanol–water partition coefficient (Wildman–Crippen LogP) is 1.64. The zero-order chi connectivity index (χ0) is 20.5. The Kier molecular flexibility index (Phi) is 5.95. The molecule has 3 aliphatic rings. The highest BCUT2D eigenvalue weighted by Crippen LogP contribution is 2.37.